The molecule has 0 saturated carbocycles. The fourth-order valence-electron chi connectivity index (χ4n) is 0.928. The first-order chi connectivity index (χ1) is 5.77. The van der Waals surface area contributed by atoms with Crippen molar-refractivity contribution in [2.75, 3.05) is 13.4 Å². The van der Waals surface area contributed by atoms with Crippen molar-refractivity contribution in [2.45, 2.75) is 11.5 Å². The van der Waals surface area contributed by atoms with Gasteiger partial charge >= 0.3 is 0 Å². The smallest absolute Gasteiger partial charge is 0.0724 e. The van der Waals surface area contributed by atoms with Crippen molar-refractivity contribution in [1.29, 1.82) is 0 Å². The summed E-state index contributed by atoms with van der Waals surface area (Å²) in [6.07, 6.45) is 2.07. The minimum atomic E-state index is 0.662. The first-order valence-electron chi connectivity index (χ1n) is 3.59. The summed E-state index contributed by atoms with van der Waals surface area (Å²) < 4.78 is 6.17. The zero-order valence-corrected chi connectivity index (χ0v) is 9.54. The molecule has 0 aliphatic rings. The maximum absolute atomic E-state index is 5.05. The largest absolute Gasteiger partial charge is 0.380 e. The average molecular weight is 247 g/mol. The number of methoxy groups -OCH3 is 1. The minimum Gasteiger partial charge on any atom is -0.380 e. The van der Waals surface area contributed by atoms with Crippen LogP contribution in [-0.2, 0) is 11.3 Å². The fourth-order valence-corrected chi connectivity index (χ4v) is 2.01. The van der Waals surface area contributed by atoms with Crippen molar-refractivity contribution < 1.29 is 4.74 Å². The van der Waals surface area contributed by atoms with Crippen LogP contribution in [0.1, 0.15) is 5.56 Å². The highest BCUT2D eigenvalue weighted by Crippen LogP contribution is 2.24. The maximum atomic E-state index is 5.05. The lowest BCUT2D eigenvalue weighted by Gasteiger charge is -2.04. The summed E-state index contributed by atoms with van der Waals surface area (Å²) in [5.41, 5.74) is 1.19. The Morgan fingerprint density at radius 1 is 1.50 bits per heavy atom. The summed E-state index contributed by atoms with van der Waals surface area (Å²) in [5, 5.41) is 0. The molecular formula is C9H11BrOS. The van der Waals surface area contributed by atoms with Crippen molar-refractivity contribution in [3.63, 3.8) is 0 Å². The van der Waals surface area contributed by atoms with E-state index < -0.39 is 0 Å². The van der Waals surface area contributed by atoms with Gasteiger partial charge in [-0.1, -0.05) is 22.0 Å². The topological polar surface area (TPSA) is 9.23 Å². The molecule has 0 spiro atoms. The molecule has 0 atom stereocenters. The molecule has 0 amide bonds. The van der Waals surface area contributed by atoms with Crippen LogP contribution in [0.5, 0.6) is 0 Å². The first kappa shape index (κ1) is 10.1. The van der Waals surface area contributed by atoms with Crippen LogP contribution < -0.4 is 0 Å². The Kier molecular flexibility index (Phi) is 4.12. The molecule has 12 heavy (non-hydrogen) atoms. The molecule has 0 aromatic heterocycles. The molecule has 3 heteroatoms. The maximum Gasteiger partial charge on any atom is 0.0724 e. The summed E-state index contributed by atoms with van der Waals surface area (Å²) in [6.45, 7) is 0.662. The van der Waals surface area contributed by atoms with Gasteiger partial charge in [0.05, 0.1) is 6.61 Å². The molecule has 1 aromatic carbocycles. The summed E-state index contributed by atoms with van der Waals surface area (Å²) in [6, 6.07) is 6.29. The SMILES string of the molecule is COCc1ccc(SC)cc1Br. The normalized spacial score (nSPS) is 10.2. The lowest BCUT2D eigenvalue weighted by molar-refractivity contribution is 0.184. The molecule has 0 radical (unpaired) electrons. The standard InChI is InChI=1S/C9H11BrOS/c1-11-6-7-3-4-8(12-2)5-9(7)10/h3-5H,6H2,1-2H3. The number of halogens is 1. The van der Waals surface area contributed by atoms with Crippen LogP contribution in [0.25, 0.3) is 0 Å². The Morgan fingerprint density at radius 3 is 2.75 bits per heavy atom. The summed E-state index contributed by atoms with van der Waals surface area (Å²) in [7, 11) is 1.70. The quantitative estimate of drug-likeness (QED) is 0.758. The Labute approximate surface area is 85.6 Å². The second-order valence-electron chi connectivity index (χ2n) is 2.39. The van der Waals surface area contributed by atoms with E-state index in [1.54, 1.807) is 18.9 Å². The van der Waals surface area contributed by atoms with Crippen LogP contribution in [0.2, 0.25) is 0 Å². The monoisotopic (exact) mass is 246 g/mol. The summed E-state index contributed by atoms with van der Waals surface area (Å²) in [4.78, 5) is 1.27. The highest BCUT2D eigenvalue weighted by molar-refractivity contribution is 9.10. The molecule has 0 fully saturated rings. The molecule has 0 aliphatic carbocycles. The van der Waals surface area contributed by atoms with E-state index in [2.05, 4.69) is 40.4 Å². The van der Waals surface area contributed by atoms with E-state index in [1.165, 1.54) is 10.5 Å². The third kappa shape index (κ3) is 2.51. The molecule has 0 unspecified atom stereocenters. The molecule has 0 aliphatic heterocycles. The van der Waals surface area contributed by atoms with Gasteiger partial charge in [0.2, 0.25) is 0 Å². The van der Waals surface area contributed by atoms with Gasteiger partial charge in [-0.2, -0.15) is 0 Å². The third-order valence-corrected chi connectivity index (χ3v) is 3.02. The third-order valence-electron chi connectivity index (χ3n) is 1.56. The van der Waals surface area contributed by atoms with Gasteiger partial charge in [-0.25, -0.2) is 0 Å². The van der Waals surface area contributed by atoms with Gasteiger partial charge in [0.1, 0.15) is 0 Å². The second-order valence-corrected chi connectivity index (χ2v) is 4.12. The molecule has 1 aromatic rings. The van der Waals surface area contributed by atoms with E-state index in [-0.39, 0.29) is 0 Å². The van der Waals surface area contributed by atoms with E-state index in [0.29, 0.717) is 6.61 Å². The Hall–Kier alpha value is 0.01000. The summed E-state index contributed by atoms with van der Waals surface area (Å²) in [5.74, 6) is 0. The van der Waals surface area contributed by atoms with Crippen molar-refractivity contribution >= 4 is 27.7 Å². The predicted molar refractivity (Wildman–Crippen MR) is 56.6 cm³/mol. The minimum absolute atomic E-state index is 0.662. The number of rotatable bonds is 3. The second kappa shape index (κ2) is 4.90. The van der Waals surface area contributed by atoms with Gasteiger partial charge in [-0.15, -0.1) is 11.8 Å². The Balaban J connectivity index is 2.87. The van der Waals surface area contributed by atoms with E-state index in [4.69, 9.17) is 4.74 Å². The molecule has 0 N–H and O–H groups in total. The van der Waals surface area contributed by atoms with Crippen LogP contribution in [-0.4, -0.2) is 13.4 Å². The number of ether oxygens (including phenoxy) is 1. The number of thioether (sulfide) groups is 1. The van der Waals surface area contributed by atoms with Crippen LogP contribution in [0.15, 0.2) is 27.6 Å². The lowest BCUT2D eigenvalue weighted by Crippen LogP contribution is -1.88. The fraction of sp³-hybridized carbons (Fsp3) is 0.333. The molecule has 0 bridgehead atoms. The van der Waals surface area contributed by atoms with Gasteiger partial charge in [0.25, 0.3) is 0 Å². The van der Waals surface area contributed by atoms with Crippen molar-refractivity contribution in [2.24, 2.45) is 0 Å². The van der Waals surface area contributed by atoms with Crippen molar-refractivity contribution in [3.05, 3.63) is 28.2 Å². The van der Waals surface area contributed by atoms with Gasteiger partial charge < -0.3 is 4.74 Å². The van der Waals surface area contributed by atoms with Gasteiger partial charge in [0.15, 0.2) is 0 Å². The number of hydrogen-bond acceptors (Lipinski definition) is 2. The van der Waals surface area contributed by atoms with E-state index in [0.717, 1.165) is 4.47 Å². The number of hydrogen-bond donors (Lipinski definition) is 0. The Bertz CT molecular complexity index is 263. The van der Waals surface area contributed by atoms with Crippen LogP contribution in [0.4, 0.5) is 0 Å². The molecule has 66 valence electrons. The molecule has 1 rings (SSSR count). The Morgan fingerprint density at radius 2 is 2.25 bits per heavy atom. The van der Waals surface area contributed by atoms with E-state index in [1.807, 2.05) is 0 Å². The van der Waals surface area contributed by atoms with Gasteiger partial charge in [-0.05, 0) is 24.0 Å². The average Bonchev–Trinajstić information content (AvgIpc) is 2.09. The van der Waals surface area contributed by atoms with Crippen LogP contribution >= 0.6 is 27.7 Å². The molecule has 0 saturated heterocycles. The zero-order valence-electron chi connectivity index (χ0n) is 7.13. The van der Waals surface area contributed by atoms with Crippen LogP contribution in [0.3, 0.4) is 0 Å². The van der Waals surface area contributed by atoms with Crippen molar-refractivity contribution in [3.8, 4) is 0 Å². The van der Waals surface area contributed by atoms with Crippen LogP contribution in [0, 0.1) is 0 Å². The lowest BCUT2D eigenvalue weighted by atomic mass is 10.2. The predicted octanol–water partition coefficient (Wildman–Crippen LogP) is 3.32. The number of benzene rings is 1. The van der Waals surface area contributed by atoms with E-state index in [9.17, 15) is 0 Å². The van der Waals surface area contributed by atoms with Crippen molar-refractivity contribution in [1.82, 2.24) is 0 Å². The molecule has 1 nitrogen and oxygen atoms in total. The molecular weight excluding hydrogens is 236 g/mol. The highest BCUT2D eigenvalue weighted by Gasteiger charge is 1.99. The summed E-state index contributed by atoms with van der Waals surface area (Å²) >= 11 is 5.23. The molecule has 0 heterocycles. The first-order valence-corrected chi connectivity index (χ1v) is 5.61. The van der Waals surface area contributed by atoms with E-state index >= 15 is 0 Å². The van der Waals surface area contributed by atoms with Gasteiger partial charge in [0, 0.05) is 16.5 Å². The van der Waals surface area contributed by atoms with Gasteiger partial charge in [-0.3, -0.25) is 0 Å². The zero-order chi connectivity index (χ0) is 8.97. The highest BCUT2D eigenvalue weighted by atomic mass is 79.9.